The van der Waals surface area contributed by atoms with Gasteiger partial charge in [0.2, 0.25) is 0 Å². The lowest BCUT2D eigenvalue weighted by atomic mass is 10.0. The molecule has 98 valence electrons. The summed E-state index contributed by atoms with van der Waals surface area (Å²) < 4.78 is 0. The third-order valence-electron chi connectivity index (χ3n) is 2.15. The Kier molecular flexibility index (Phi) is 5.03. The Bertz CT molecular complexity index is 451. The fourth-order valence-electron chi connectivity index (χ4n) is 1.38. The van der Waals surface area contributed by atoms with E-state index in [1.165, 1.54) is 12.4 Å². The Morgan fingerprint density at radius 1 is 1.44 bits per heavy atom. The van der Waals surface area contributed by atoms with Gasteiger partial charge in [0, 0.05) is 0 Å². The van der Waals surface area contributed by atoms with Crippen molar-refractivity contribution in [1.29, 1.82) is 0 Å². The normalized spacial score (nSPS) is 12.2. The van der Waals surface area contributed by atoms with Crippen molar-refractivity contribution in [2.24, 2.45) is 5.92 Å². The second-order valence-corrected chi connectivity index (χ2v) is 4.61. The van der Waals surface area contributed by atoms with Crippen molar-refractivity contribution in [3.05, 3.63) is 23.2 Å². The van der Waals surface area contributed by atoms with Crippen LogP contribution in [0.4, 0.5) is 0 Å². The maximum Gasteiger partial charge on any atom is 0.326 e. The van der Waals surface area contributed by atoms with Crippen molar-refractivity contribution in [2.45, 2.75) is 26.3 Å². The van der Waals surface area contributed by atoms with Crippen LogP contribution in [0, 0.1) is 5.92 Å². The first-order valence-electron chi connectivity index (χ1n) is 5.41. The minimum Gasteiger partial charge on any atom is -0.480 e. The fraction of sp³-hybridized carbons (Fsp3) is 0.455. The van der Waals surface area contributed by atoms with Crippen LogP contribution in [0.1, 0.15) is 30.8 Å². The standard InChI is InChI=1S/C11H14ClN3O3/c1-6(2)3-7(11(17)18)15-10(16)8-4-13-5-9(12)14-8/h4-7H,3H2,1-2H3,(H,15,16)(H,17,18)/t7-/m1/s1. The zero-order chi connectivity index (χ0) is 13.7. The average Bonchev–Trinajstić information content (AvgIpc) is 2.27. The van der Waals surface area contributed by atoms with E-state index in [0.29, 0.717) is 6.42 Å². The minimum atomic E-state index is -1.08. The summed E-state index contributed by atoms with van der Waals surface area (Å²) in [4.78, 5) is 30.2. The van der Waals surface area contributed by atoms with Crippen LogP contribution in [0.25, 0.3) is 0 Å². The molecular weight excluding hydrogens is 258 g/mol. The van der Waals surface area contributed by atoms with Gasteiger partial charge >= 0.3 is 5.97 Å². The molecule has 0 saturated heterocycles. The summed E-state index contributed by atoms with van der Waals surface area (Å²) in [5, 5.41) is 11.5. The average molecular weight is 272 g/mol. The lowest BCUT2D eigenvalue weighted by molar-refractivity contribution is -0.139. The molecule has 7 heteroatoms. The molecule has 1 heterocycles. The molecule has 0 aromatic carbocycles. The number of carboxylic acids is 1. The molecule has 0 aliphatic carbocycles. The van der Waals surface area contributed by atoms with E-state index < -0.39 is 17.9 Å². The number of aromatic nitrogens is 2. The van der Waals surface area contributed by atoms with Gasteiger partial charge in [0.25, 0.3) is 5.91 Å². The predicted molar refractivity (Wildman–Crippen MR) is 65.4 cm³/mol. The highest BCUT2D eigenvalue weighted by molar-refractivity contribution is 6.29. The van der Waals surface area contributed by atoms with E-state index in [1.54, 1.807) is 0 Å². The Morgan fingerprint density at radius 3 is 2.61 bits per heavy atom. The SMILES string of the molecule is CC(C)C[C@@H](NC(=O)c1cncc(Cl)n1)C(=O)O. The molecule has 0 aliphatic heterocycles. The number of carbonyl (C=O) groups excluding carboxylic acids is 1. The maximum atomic E-state index is 11.8. The van der Waals surface area contributed by atoms with Crippen LogP contribution >= 0.6 is 11.6 Å². The number of carboxylic acid groups (broad SMARTS) is 1. The minimum absolute atomic E-state index is 0.00231. The predicted octanol–water partition coefficient (Wildman–Crippen LogP) is 1.36. The molecule has 2 N–H and O–H groups in total. The first kappa shape index (κ1) is 14.4. The Labute approximate surface area is 109 Å². The number of carbonyl (C=O) groups is 2. The first-order chi connectivity index (χ1) is 8.40. The topological polar surface area (TPSA) is 92.2 Å². The Morgan fingerprint density at radius 2 is 2.11 bits per heavy atom. The molecule has 0 aliphatic rings. The van der Waals surface area contributed by atoms with Gasteiger partial charge in [-0.15, -0.1) is 0 Å². The van der Waals surface area contributed by atoms with Crippen molar-refractivity contribution in [1.82, 2.24) is 15.3 Å². The van der Waals surface area contributed by atoms with Gasteiger partial charge in [-0.05, 0) is 12.3 Å². The van der Waals surface area contributed by atoms with Crippen LogP contribution in [-0.4, -0.2) is 33.0 Å². The van der Waals surface area contributed by atoms with E-state index in [4.69, 9.17) is 16.7 Å². The van der Waals surface area contributed by atoms with Gasteiger partial charge in [-0.1, -0.05) is 25.4 Å². The lowest BCUT2D eigenvalue weighted by Gasteiger charge is -2.15. The molecular formula is C11H14ClN3O3. The lowest BCUT2D eigenvalue weighted by Crippen LogP contribution is -2.42. The molecule has 0 saturated carbocycles. The number of halogens is 1. The maximum absolute atomic E-state index is 11.8. The summed E-state index contributed by atoms with van der Waals surface area (Å²) in [6, 6.07) is -0.946. The molecule has 0 radical (unpaired) electrons. The largest absolute Gasteiger partial charge is 0.480 e. The fourth-order valence-corrected chi connectivity index (χ4v) is 1.52. The van der Waals surface area contributed by atoms with E-state index >= 15 is 0 Å². The second kappa shape index (κ2) is 6.30. The Balaban J connectivity index is 2.75. The zero-order valence-electron chi connectivity index (χ0n) is 10.1. The molecule has 1 aromatic rings. The molecule has 6 nitrogen and oxygen atoms in total. The molecule has 18 heavy (non-hydrogen) atoms. The van der Waals surface area contributed by atoms with E-state index in [-0.39, 0.29) is 16.8 Å². The van der Waals surface area contributed by atoms with Gasteiger partial charge in [0.15, 0.2) is 0 Å². The van der Waals surface area contributed by atoms with Gasteiger partial charge in [-0.25, -0.2) is 9.78 Å². The summed E-state index contributed by atoms with van der Waals surface area (Å²) in [6.07, 6.45) is 2.87. The van der Waals surface area contributed by atoms with E-state index in [9.17, 15) is 9.59 Å². The number of hydrogen-bond donors (Lipinski definition) is 2. The molecule has 0 bridgehead atoms. The summed E-state index contributed by atoms with van der Waals surface area (Å²) in [5.74, 6) is -1.53. The van der Waals surface area contributed by atoms with Gasteiger partial charge in [0.05, 0.1) is 12.4 Å². The van der Waals surface area contributed by atoms with E-state index in [1.807, 2.05) is 13.8 Å². The van der Waals surface area contributed by atoms with Crippen LogP contribution in [-0.2, 0) is 4.79 Å². The number of nitrogens with zero attached hydrogens (tertiary/aromatic N) is 2. The quantitative estimate of drug-likeness (QED) is 0.843. The first-order valence-corrected chi connectivity index (χ1v) is 5.79. The smallest absolute Gasteiger partial charge is 0.326 e. The highest BCUT2D eigenvalue weighted by Gasteiger charge is 2.22. The molecule has 0 fully saturated rings. The number of rotatable bonds is 5. The van der Waals surface area contributed by atoms with Crippen molar-refractivity contribution >= 4 is 23.5 Å². The molecule has 1 atom stereocenters. The third kappa shape index (κ3) is 4.29. The van der Waals surface area contributed by atoms with Crippen LogP contribution in [0.3, 0.4) is 0 Å². The van der Waals surface area contributed by atoms with E-state index in [2.05, 4.69) is 15.3 Å². The van der Waals surface area contributed by atoms with Gasteiger partial charge in [0.1, 0.15) is 16.9 Å². The number of hydrogen-bond acceptors (Lipinski definition) is 4. The highest BCUT2D eigenvalue weighted by atomic mass is 35.5. The van der Waals surface area contributed by atoms with Crippen molar-refractivity contribution in [3.63, 3.8) is 0 Å². The monoisotopic (exact) mass is 271 g/mol. The van der Waals surface area contributed by atoms with Crippen molar-refractivity contribution < 1.29 is 14.7 Å². The number of aliphatic carboxylic acids is 1. The number of amides is 1. The van der Waals surface area contributed by atoms with Gasteiger partial charge in [-0.2, -0.15) is 0 Å². The highest BCUT2D eigenvalue weighted by Crippen LogP contribution is 2.07. The van der Waals surface area contributed by atoms with Gasteiger partial charge in [-0.3, -0.25) is 9.78 Å². The van der Waals surface area contributed by atoms with Crippen LogP contribution in [0.15, 0.2) is 12.4 Å². The molecule has 1 amide bonds. The van der Waals surface area contributed by atoms with Gasteiger partial charge < -0.3 is 10.4 Å². The third-order valence-corrected chi connectivity index (χ3v) is 2.33. The zero-order valence-corrected chi connectivity index (χ0v) is 10.8. The summed E-state index contributed by atoms with van der Waals surface area (Å²) in [7, 11) is 0. The summed E-state index contributed by atoms with van der Waals surface area (Å²) >= 11 is 5.60. The van der Waals surface area contributed by atoms with Crippen LogP contribution < -0.4 is 5.32 Å². The van der Waals surface area contributed by atoms with E-state index in [0.717, 1.165) is 0 Å². The Hall–Kier alpha value is -1.69. The summed E-state index contributed by atoms with van der Waals surface area (Å²) in [5.41, 5.74) is -0.00231. The van der Waals surface area contributed by atoms with Crippen LogP contribution in [0.2, 0.25) is 5.15 Å². The number of nitrogens with one attached hydrogen (secondary N) is 1. The summed E-state index contributed by atoms with van der Waals surface area (Å²) in [6.45, 7) is 3.75. The van der Waals surface area contributed by atoms with Crippen LogP contribution in [0.5, 0.6) is 0 Å². The molecule has 0 unspecified atom stereocenters. The molecule has 1 aromatic heterocycles. The second-order valence-electron chi connectivity index (χ2n) is 4.22. The van der Waals surface area contributed by atoms with Crippen molar-refractivity contribution in [2.75, 3.05) is 0 Å². The molecule has 0 spiro atoms. The van der Waals surface area contributed by atoms with Crippen molar-refractivity contribution in [3.8, 4) is 0 Å². The molecule has 1 rings (SSSR count).